The summed E-state index contributed by atoms with van der Waals surface area (Å²) < 4.78 is 11.4. The number of ether oxygens (including phenoxy) is 1. The Balaban J connectivity index is 1.47. The highest BCUT2D eigenvalue weighted by Gasteiger charge is 2.29. The van der Waals surface area contributed by atoms with E-state index in [1.165, 1.54) is 0 Å². The van der Waals surface area contributed by atoms with E-state index < -0.39 is 0 Å². The molecule has 1 aliphatic heterocycles. The van der Waals surface area contributed by atoms with Gasteiger partial charge in [-0.05, 0) is 31.2 Å². The zero-order chi connectivity index (χ0) is 17.9. The molecule has 132 valence electrons. The Morgan fingerprint density at radius 2 is 2.08 bits per heavy atom. The van der Waals surface area contributed by atoms with Crippen LogP contribution in [-0.2, 0) is 0 Å². The van der Waals surface area contributed by atoms with Gasteiger partial charge in [0.05, 0.1) is 12.1 Å². The van der Waals surface area contributed by atoms with Crippen LogP contribution in [0.3, 0.4) is 0 Å². The minimum atomic E-state index is -0.0900. The molecule has 0 N–H and O–H groups in total. The molecule has 0 bridgehead atoms. The molecule has 1 fully saturated rings. The molecular weight excluding hydrogens is 332 g/mol. The third kappa shape index (κ3) is 3.28. The van der Waals surface area contributed by atoms with Gasteiger partial charge in [-0.15, -0.1) is 0 Å². The fraction of sp³-hybridized carbons (Fsp3) is 0.263. The van der Waals surface area contributed by atoms with Crippen LogP contribution in [0.1, 0.15) is 22.7 Å². The molecule has 1 amide bonds. The summed E-state index contributed by atoms with van der Waals surface area (Å²) in [6, 6.07) is 12.9. The molecule has 1 saturated heterocycles. The number of hydrogen-bond acceptors (Lipinski definition) is 6. The normalized spacial score (nSPS) is 16.7. The number of aromatic nitrogens is 3. The number of carbonyl (C=O) groups is 1. The lowest BCUT2D eigenvalue weighted by Gasteiger charge is -2.17. The Labute approximate surface area is 150 Å². The SMILES string of the molecule is Cc1noc(-c2ccccc2OC2CCN(C(=O)c3ccccn3)C2)n1. The summed E-state index contributed by atoms with van der Waals surface area (Å²) in [5.74, 6) is 1.60. The Morgan fingerprint density at radius 1 is 1.23 bits per heavy atom. The Hall–Kier alpha value is -3.22. The van der Waals surface area contributed by atoms with Crippen molar-refractivity contribution in [2.75, 3.05) is 13.1 Å². The zero-order valence-electron chi connectivity index (χ0n) is 14.3. The molecule has 2 aromatic heterocycles. The molecule has 0 spiro atoms. The van der Waals surface area contributed by atoms with Gasteiger partial charge < -0.3 is 14.2 Å². The Kier molecular flexibility index (Phi) is 4.35. The van der Waals surface area contributed by atoms with Gasteiger partial charge in [-0.2, -0.15) is 4.98 Å². The average Bonchev–Trinajstić information content (AvgIpc) is 3.31. The summed E-state index contributed by atoms with van der Waals surface area (Å²) >= 11 is 0. The second-order valence-corrected chi connectivity index (χ2v) is 6.14. The fourth-order valence-electron chi connectivity index (χ4n) is 2.99. The monoisotopic (exact) mass is 350 g/mol. The Bertz CT molecular complexity index is 910. The molecule has 0 saturated carbocycles. The highest BCUT2D eigenvalue weighted by Crippen LogP contribution is 2.30. The molecule has 0 radical (unpaired) electrons. The smallest absolute Gasteiger partial charge is 0.272 e. The predicted octanol–water partition coefficient (Wildman–Crippen LogP) is 2.73. The molecule has 3 heterocycles. The first-order chi connectivity index (χ1) is 12.7. The molecule has 1 atom stereocenters. The van der Waals surface area contributed by atoms with Gasteiger partial charge in [0.1, 0.15) is 17.5 Å². The molecule has 4 rings (SSSR count). The molecule has 1 aliphatic rings. The number of para-hydroxylation sites is 1. The van der Waals surface area contributed by atoms with Crippen LogP contribution in [0.2, 0.25) is 0 Å². The van der Waals surface area contributed by atoms with Crippen LogP contribution in [0.25, 0.3) is 11.5 Å². The fourth-order valence-corrected chi connectivity index (χ4v) is 2.99. The van der Waals surface area contributed by atoms with Crippen LogP contribution in [-0.4, -0.2) is 45.1 Å². The Morgan fingerprint density at radius 3 is 2.85 bits per heavy atom. The van der Waals surface area contributed by atoms with Crippen molar-refractivity contribution in [3.05, 3.63) is 60.2 Å². The predicted molar refractivity (Wildman–Crippen MR) is 93.6 cm³/mol. The summed E-state index contributed by atoms with van der Waals surface area (Å²) in [7, 11) is 0. The van der Waals surface area contributed by atoms with E-state index in [-0.39, 0.29) is 12.0 Å². The van der Waals surface area contributed by atoms with Crippen LogP contribution < -0.4 is 4.74 Å². The second kappa shape index (κ2) is 6.95. The van der Waals surface area contributed by atoms with E-state index in [0.717, 1.165) is 12.0 Å². The molecule has 26 heavy (non-hydrogen) atoms. The van der Waals surface area contributed by atoms with E-state index in [1.54, 1.807) is 30.2 Å². The van der Waals surface area contributed by atoms with Gasteiger partial charge in [-0.1, -0.05) is 23.4 Å². The number of pyridine rings is 1. The van der Waals surface area contributed by atoms with E-state index in [0.29, 0.717) is 36.2 Å². The summed E-state index contributed by atoms with van der Waals surface area (Å²) in [4.78, 5) is 22.7. The van der Waals surface area contributed by atoms with Crippen molar-refractivity contribution in [3.63, 3.8) is 0 Å². The number of benzene rings is 1. The maximum absolute atomic E-state index is 12.5. The van der Waals surface area contributed by atoms with Gasteiger partial charge in [0.25, 0.3) is 11.8 Å². The van der Waals surface area contributed by atoms with Gasteiger partial charge in [0.15, 0.2) is 5.82 Å². The van der Waals surface area contributed by atoms with E-state index >= 15 is 0 Å². The van der Waals surface area contributed by atoms with E-state index in [4.69, 9.17) is 9.26 Å². The van der Waals surface area contributed by atoms with Crippen molar-refractivity contribution >= 4 is 5.91 Å². The third-order valence-corrected chi connectivity index (χ3v) is 4.25. The van der Waals surface area contributed by atoms with Gasteiger partial charge in [0, 0.05) is 19.2 Å². The van der Waals surface area contributed by atoms with Crippen LogP contribution in [0.5, 0.6) is 5.75 Å². The molecule has 1 unspecified atom stereocenters. The highest BCUT2D eigenvalue weighted by atomic mass is 16.5. The summed E-state index contributed by atoms with van der Waals surface area (Å²) in [5.41, 5.74) is 1.21. The third-order valence-electron chi connectivity index (χ3n) is 4.25. The van der Waals surface area contributed by atoms with Crippen molar-refractivity contribution in [3.8, 4) is 17.2 Å². The number of aryl methyl sites for hydroxylation is 1. The largest absolute Gasteiger partial charge is 0.488 e. The van der Waals surface area contributed by atoms with Crippen LogP contribution in [0, 0.1) is 6.92 Å². The number of rotatable bonds is 4. The van der Waals surface area contributed by atoms with E-state index in [1.807, 2.05) is 30.3 Å². The van der Waals surface area contributed by atoms with E-state index in [9.17, 15) is 4.79 Å². The lowest BCUT2D eigenvalue weighted by atomic mass is 10.2. The number of likely N-dealkylation sites (tertiary alicyclic amines) is 1. The minimum absolute atomic E-state index is 0.0717. The second-order valence-electron chi connectivity index (χ2n) is 6.14. The lowest BCUT2D eigenvalue weighted by Crippen LogP contribution is -2.31. The molecule has 0 aliphatic carbocycles. The number of carbonyl (C=O) groups excluding carboxylic acids is 1. The topological polar surface area (TPSA) is 81.4 Å². The number of hydrogen-bond donors (Lipinski definition) is 0. The van der Waals surface area contributed by atoms with Gasteiger partial charge in [0.2, 0.25) is 0 Å². The quantitative estimate of drug-likeness (QED) is 0.720. The van der Waals surface area contributed by atoms with Gasteiger partial charge >= 0.3 is 0 Å². The van der Waals surface area contributed by atoms with Crippen molar-refractivity contribution in [2.24, 2.45) is 0 Å². The van der Waals surface area contributed by atoms with Crippen molar-refractivity contribution in [2.45, 2.75) is 19.4 Å². The van der Waals surface area contributed by atoms with Crippen molar-refractivity contribution in [1.82, 2.24) is 20.0 Å². The lowest BCUT2D eigenvalue weighted by molar-refractivity contribution is 0.0766. The molecule has 3 aromatic rings. The summed E-state index contributed by atoms with van der Waals surface area (Å²) in [5, 5.41) is 3.83. The number of amides is 1. The van der Waals surface area contributed by atoms with Crippen LogP contribution >= 0.6 is 0 Å². The van der Waals surface area contributed by atoms with Crippen molar-refractivity contribution in [1.29, 1.82) is 0 Å². The molecule has 1 aromatic carbocycles. The van der Waals surface area contributed by atoms with E-state index in [2.05, 4.69) is 15.1 Å². The van der Waals surface area contributed by atoms with Gasteiger partial charge in [-0.3, -0.25) is 9.78 Å². The molecular formula is C19H18N4O3. The van der Waals surface area contributed by atoms with Gasteiger partial charge in [-0.25, -0.2) is 0 Å². The zero-order valence-corrected chi connectivity index (χ0v) is 14.3. The maximum atomic E-state index is 12.5. The van der Waals surface area contributed by atoms with Crippen molar-refractivity contribution < 1.29 is 14.1 Å². The van der Waals surface area contributed by atoms with Crippen LogP contribution in [0.4, 0.5) is 0 Å². The first-order valence-corrected chi connectivity index (χ1v) is 8.47. The number of nitrogens with zero attached hydrogens (tertiary/aromatic N) is 4. The van der Waals surface area contributed by atoms with Crippen LogP contribution in [0.15, 0.2) is 53.2 Å². The minimum Gasteiger partial charge on any atom is -0.488 e. The molecule has 7 nitrogen and oxygen atoms in total. The first kappa shape index (κ1) is 16.3. The summed E-state index contributed by atoms with van der Waals surface area (Å²) in [6.07, 6.45) is 2.29. The summed E-state index contributed by atoms with van der Waals surface area (Å²) in [6.45, 7) is 2.93. The first-order valence-electron chi connectivity index (χ1n) is 8.47. The maximum Gasteiger partial charge on any atom is 0.272 e. The average molecular weight is 350 g/mol. The standard InChI is InChI=1S/C19H18N4O3/c1-13-21-18(26-22-13)15-6-2-3-8-17(15)25-14-9-11-23(12-14)19(24)16-7-4-5-10-20-16/h2-8,10,14H,9,11-12H2,1H3. The highest BCUT2D eigenvalue weighted by molar-refractivity contribution is 5.92. The molecule has 7 heteroatoms.